The molecule has 2 heteroatoms. The second-order valence-electron chi connectivity index (χ2n) is 20.3. The molecule has 2 aliphatic rings. The summed E-state index contributed by atoms with van der Waals surface area (Å²) in [5.41, 5.74) is 23.8. The third-order valence-electron chi connectivity index (χ3n) is 16.2. The zero-order valence-corrected chi connectivity index (χ0v) is 42.3. The number of anilines is 6. The average molecular weight is 979 g/mol. The molecule has 0 atom stereocenters. The van der Waals surface area contributed by atoms with Crippen LogP contribution in [-0.4, -0.2) is 0 Å². The van der Waals surface area contributed by atoms with Gasteiger partial charge in [-0.05, 0) is 178 Å². The summed E-state index contributed by atoms with van der Waals surface area (Å²) in [6, 6.07) is 112. The van der Waals surface area contributed by atoms with Gasteiger partial charge in [-0.15, -0.1) is 0 Å². The van der Waals surface area contributed by atoms with Crippen LogP contribution in [-0.2, 0) is 5.41 Å². The van der Waals surface area contributed by atoms with Gasteiger partial charge in [-0.3, -0.25) is 0 Å². The van der Waals surface area contributed by atoms with E-state index in [0.717, 1.165) is 39.7 Å². The van der Waals surface area contributed by atoms with Gasteiger partial charge in [-0.2, -0.15) is 0 Å². The van der Waals surface area contributed by atoms with E-state index in [9.17, 15) is 0 Å². The van der Waals surface area contributed by atoms with Gasteiger partial charge in [0.2, 0.25) is 0 Å². The molecular weight excluding hydrogens is 929 g/mol. The molecule has 2 aliphatic carbocycles. The van der Waals surface area contributed by atoms with Crippen LogP contribution >= 0.6 is 0 Å². The first-order valence-electron chi connectivity index (χ1n) is 26.7. The molecule has 77 heavy (non-hydrogen) atoms. The van der Waals surface area contributed by atoms with Crippen LogP contribution in [0.4, 0.5) is 34.1 Å². The van der Waals surface area contributed by atoms with Gasteiger partial charge in [-0.25, -0.2) is 0 Å². The summed E-state index contributed by atoms with van der Waals surface area (Å²) in [7, 11) is 0. The minimum atomic E-state index is -0.471. The lowest BCUT2D eigenvalue weighted by Gasteiger charge is -2.32. The topological polar surface area (TPSA) is 6.48 Å². The van der Waals surface area contributed by atoms with Crippen molar-refractivity contribution in [2.24, 2.45) is 0 Å². The Morgan fingerprint density at radius 1 is 0.195 bits per heavy atom. The maximum atomic E-state index is 2.49. The van der Waals surface area contributed by atoms with Crippen molar-refractivity contribution in [3.05, 3.63) is 326 Å². The monoisotopic (exact) mass is 978 g/mol. The Hall–Kier alpha value is -10.0. The first-order valence-corrected chi connectivity index (χ1v) is 26.7. The first kappa shape index (κ1) is 44.5. The van der Waals surface area contributed by atoms with Crippen molar-refractivity contribution in [1.82, 2.24) is 0 Å². The molecule has 1 spiro atoms. The third-order valence-corrected chi connectivity index (χ3v) is 16.2. The van der Waals surface area contributed by atoms with Gasteiger partial charge in [0.1, 0.15) is 0 Å². The van der Waals surface area contributed by atoms with E-state index >= 15 is 0 Å². The Morgan fingerprint density at radius 2 is 0.532 bits per heavy atom. The molecule has 0 bridgehead atoms. The van der Waals surface area contributed by atoms with E-state index in [1.807, 2.05) is 0 Å². The Kier molecular flexibility index (Phi) is 10.5. The molecule has 13 aromatic carbocycles. The molecule has 15 rings (SSSR count). The van der Waals surface area contributed by atoms with Crippen LogP contribution in [0.2, 0.25) is 0 Å². The number of benzene rings is 13. The fraction of sp³-hybridized carbons (Fsp3) is 0.0133. The van der Waals surface area contributed by atoms with Crippen LogP contribution in [0.5, 0.6) is 0 Å². The lowest BCUT2D eigenvalue weighted by molar-refractivity contribution is 0.793. The largest absolute Gasteiger partial charge is 0.311 e. The summed E-state index contributed by atoms with van der Waals surface area (Å²) < 4.78 is 0. The van der Waals surface area contributed by atoms with E-state index in [1.165, 1.54) is 93.9 Å². The average Bonchev–Trinajstić information content (AvgIpc) is 4.21. The van der Waals surface area contributed by atoms with Crippen molar-refractivity contribution in [3.63, 3.8) is 0 Å². The van der Waals surface area contributed by atoms with Crippen LogP contribution in [0.3, 0.4) is 0 Å². The Balaban J connectivity index is 0.906. The molecule has 13 aromatic rings. The molecule has 0 saturated carbocycles. The molecule has 0 N–H and O–H groups in total. The fourth-order valence-corrected chi connectivity index (χ4v) is 13.0. The van der Waals surface area contributed by atoms with E-state index in [0.29, 0.717) is 0 Å². The Morgan fingerprint density at radius 3 is 1.03 bits per heavy atom. The molecule has 0 heterocycles. The predicted octanol–water partition coefficient (Wildman–Crippen LogP) is 20.3. The number of hydrogen-bond donors (Lipinski definition) is 0. The number of fused-ring (bicyclic) bond motifs is 12. The lowest BCUT2D eigenvalue weighted by atomic mass is 9.70. The molecule has 0 radical (unpaired) electrons. The number of para-hydroxylation sites is 2. The smallest absolute Gasteiger partial charge is 0.0726 e. The van der Waals surface area contributed by atoms with E-state index < -0.39 is 5.41 Å². The highest BCUT2D eigenvalue weighted by molar-refractivity contribution is 6.22. The standard InChI is InChI=1S/C75H50N2/c1-5-21-52(22-6-1)73-65-32-13-14-33-66(65)74(53-23-7-2-8-24-53)68-49-54(39-47-67(68)73)51-37-40-57(41-38-51)77(59-44-42-58(43-45-59)76(55-25-9-3-10-26-55)56-27-11-4-12-28-56)60-46-48-64-63-31-17-20-36-71(63)75(72(64)50-60)69-34-18-15-29-61(69)62-30-16-19-35-70(62)75/h1-50H. The van der Waals surface area contributed by atoms with E-state index in [2.05, 4.69) is 313 Å². The highest BCUT2D eigenvalue weighted by atomic mass is 15.2. The van der Waals surface area contributed by atoms with Crippen molar-refractivity contribution < 1.29 is 0 Å². The van der Waals surface area contributed by atoms with Crippen molar-refractivity contribution in [3.8, 4) is 55.6 Å². The summed E-state index contributed by atoms with van der Waals surface area (Å²) in [5, 5.41) is 4.98. The molecule has 0 unspecified atom stereocenters. The SMILES string of the molecule is c1ccc(-c2c3ccccc3c(-c3ccccc3)c3cc(-c4ccc(N(c5ccc(N(c6ccccc6)c6ccccc6)cc5)c5ccc6c(c5)C5(c7ccccc7-c7ccccc75)c5ccccc5-6)cc4)ccc23)cc1. The van der Waals surface area contributed by atoms with Crippen LogP contribution in [0, 0.1) is 0 Å². The summed E-state index contributed by atoms with van der Waals surface area (Å²) in [6.45, 7) is 0. The van der Waals surface area contributed by atoms with Crippen molar-refractivity contribution >= 4 is 55.7 Å². The van der Waals surface area contributed by atoms with Gasteiger partial charge in [0.05, 0.1) is 5.41 Å². The summed E-state index contributed by atoms with van der Waals surface area (Å²) in [5.74, 6) is 0. The second kappa shape index (κ2) is 18.1. The second-order valence-corrected chi connectivity index (χ2v) is 20.3. The number of rotatable bonds is 9. The minimum Gasteiger partial charge on any atom is -0.311 e. The summed E-state index contributed by atoms with van der Waals surface area (Å²) >= 11 is 0. The van der Waals surface area contributed by atoms with Crippen LogP contribution < -0.4 is 9.80 Å². The summed E-state index contributed by atoms with van der Waals surface area (Å²) in [6.07, 6.45) is 0. The molecule has 0 aliphatic heterocycles. The predicted molar refractivity (Wildman–Crippen MR) is 323 cm³/mol. The van der Waals surface area contributed by atoms with E-state index in [-0.39, 0.29) is 0 Å². The first-order chi connectivity index (χ1) is 38.2. The van der Waals surface area contributed by atoms with Gasteiger partial charge < -0.3 is 9.80 Å². The highest BCUT2D eigenvalue weighted by Crippen LogP contribution is 2.63. The summed E-state index contributed by atoms with van der Waals surface area (Å²) in [4.78, 5) is 4.77. The van der Waals surface area contributed by atoms with E-state index in [4.69, 9.17) is 0 Å². The zero-order chi connectivity index (χ0) is 50.9. The normalized spacial score (nSPS) is 12.5. The van der Waals surface area contributed by atoms with Crippen molar-refractivity contribution in [1.29, 1.82) is 0 Å². The van der Waals surface area contributed by atoms with Gasteiger partial charge in [0.15, 0.2) is 0 Å². The highest BCUT2D eigenvalue weighted by Gasteiger charge is 2.51. The molecule has 2 nitrogen and oxygen atoms in total. The van der Waals surface area contributed by atoms with Gasteiger partial charge >= 0.3 is 0 Å². The molecular formula is C75H50N2. The lowest BCUT2D eigenvalue weighted by Crippen LogP contribution is -2.26. The van der Waals surface area contributed by atoms with Crippen molar-refractivity contribution in [2.45, 2.75) is 5.41 Å². The molecule has 0 aromatic heterocycles. The maximum Gasteiger partial charge on any atom is 0.0726 e. The molecule has 0 fully saturated rings. The third kappa shape index (κ3) is 7.03. The van der Waals surface area contributed by atoms with Gasteiger partial charge in [0.25, 0.3) is 0 Å². The number of hydrogen-bond acceptors (Lipinski definition) is 2. The Labute approximate surface area is 449 Å². The molecule has 360 valence electrons. The van der Waals surface area contributed by atoms with Crippen molar-refractivity contribution in [2.75, 3.05) is 9.80 Å². The Bertz CT molecular complexity index is 4250. The quantitative estimate of drug-likeness (QED) is 0.133. The minimum absolute atomic E-state index is 0.471. The van der Waals surface area contributed by atoms with Crippen LogP contribution in [0.15, 0.2) is 303 Å². The van der Waals surface area contributed by atoms with Gasteiger partial charge in [0, 0.05) is 34.1 Å². The molecule has 0 amide bonds. The zero-order valence-electron chi connectivity index (χ0n) is 42.3. The van der Waals surface area contributed by atoms with Crippen LogP contribution in [0.25, 0.3) is 77.2 Å². The van der Waals surface area contributed by atoms with Crippen LogP contribution in [0.1, 0.15) is 22.3 Å². The molecule has 0 saturated heterocycles. The maximum absolute atomic E-state index is 2.49. The van der Waals surface area contributed by atoms with Gasteiger partial charge in [-0.1, -0.05) is 224 Å². The number of nitrogens with zero attached hydrogens (tertiary/aromatic N) is 2. The fourth-order valence-electron chi connectivity index (χ4n) is 13.0. The van der Waals surface area contributed by atoms with E-state index in [1.54, 1.807) is 0 Å².